The first kappa shape index (κ1) is 14.5. The predicted molar refractivity (Wildman–Crippen MR) is 86.7 cm³/mol. The molecule has 0 radical (unpaired) electrons. The molecule has 4 rings (SSSR count). The van der Waals surface area contributed by atoms with E-state index in [0.717, 1.165) is 42.9 Å². The highest BCUT2D eigenvalue weighted by molar-refractivity contribution is 5.80. The molecule has 2 aliphatic rings. The zero-order chi connectivity index (χ0) is 16.0. The monoisotopic (exact) mass is 313 g/mol. The van der Waals surface area contributed by atoms with Crippen LogP contribution in [0.1, 0.15) is 50.4 Å². The van der Waals surface area contributed by atoms with Gasteiger partial charge in [0.15, 0.2) is 5.82 Å². The van der Waals surface area contributed by atoms with Crippen LogP contribution in [0, 0.1) is 5.92 Å². The fraction of sp³-hybridized carbons (Fsp3) is 0.588. The molecule has 1 fully saturated rings. The van der Waals surface area contributed by atoms with E-state index in [-0.39, 0.29) is 5.92 Å². The first-order valence-corrected chi connectivity index (χ1v) is 8.54. The van der Waals surface area contributed by atoms with Crippen molar-refractivity contribution in [1.29, 1.82) is 0 Å². The molecule has 1 N–H and O–H groups in total. The zero-order valence-electron chi connectivity index (χ0n) is 13.7. The second-order valence-electron chi connectivity index (χ2n) is 6.89. The Morgan fingerprint density at radius 2 is 2.22 bits per heavy atom. The molecule has 1 saturated carbocycles. The van der Waals surface area contributed by atoms with Gasteiger partial charge in [-0.3, -0.25) is 9.48 Å². The number of nitrogens with one attached hydrogen (secondary N) is 1. The van der Waals surface area contributed by atoms with E-state index in [1.807, 2.05) is 11.1 Å². The first-order valence-electron chi connectivity index (χ1n) is 8.54. The summed E-state index contributed by atoms with van der Waals surface area (Å²) >= 11 is 0. The van der Waals surface area contributed by atoms with Crippen LogP contribution < -0.4 is 0 Å². The fourth-order valence-electron chi connectivity index (χ4n) is 3.56. The number of hydrogen-bond donors (Lipinski definition) is 1. The van der Waals surface area contributed by atoms with Gasteiger partial charge in [0.25, 0.3) is 0 Å². The van der Waals surface area contributed by atoms with Crippen LogP contribution in [0.25, 0.3) is 11.5 Å². The summed E-state index contributed by atoms with van der Waals surface area (Å²) in [6, 6.07) is 0.307. The normalized spacial score (nSPS) is 18.1. The average Bonchev–Trinajstić information content (AvgIpc) is 3.11. The SMILES string of the molecule is CC(C)n1nc(-c2ncc[nH]2)c2c1CCN(C(=O)C1CCC1)C2. The van der Waals surface area contributed by atoms with E-state index in [2.05, 4.69) is 28.5 Å². The van der Waals surface area contributed by atoms with Crippen molar-refractivity contribution >= 4 is 5.91 Å². The van der Waals surface area contributed by atoms with Crippen LogP contribution in [0.3, 0.4) is 0 Å². The lowest BCUT2D eigenvalue weighted by Gasteiger charge is -2.34. The molecule has 1 amide bonds. The van der Waals surface area contributed by atoms with Gasteiger partial charge in [0.2, 0.25) is 5.91 Å². The Balaban J connectivity index is 1.70. The molecule has 1 aliphatic carbocycles. The minimum Gasteiger partial charge on any atom is -0.343 e. The van der Waals surface area contributed by atoms with Crippen molar-refractivity contribution < 1.29 is 4.79 Å². The topological polar surface area (TPSA) is 66.8 Å². The highest BCUT2D eigenvalue weighted by Crippen LogP contribution is 2.33. The third-order valence-electron chi connectivity index (χ3n) is 5.06. The maximum atomic E-state index is 12.6. The molecule has 0 bridgehead atoms. The molecule has 1 aliphatic heterocycles. The van der Waals surface area contributed by atoms with Crippen LogP contribution in [0.5, 0.6) is 0 Å². The number of carbonyl (C=O) groups is 1. The highest BCUT2D eigenvalue weighted by atomic mass is 16.2. The third kappa shape index (κ3) is 2.36. The Labute approximate surface area is 135 Å². The van der Waals surface area contributed by atoms with Gasteiger partial charge in [0.05, 0.1) is 0 Å². The van der Waals surface area contributed by atoms with Crippen LogP contribution >= 0.6 is 0 Å². The number of aromatic nitrogens is 4. The smallest absolute Gasteiger partial charge is 0.225 e. The van der Waals surface area contributed by atoms with Gasteiger partial charge < -0.3 is 9.88 Å². The summed E-state index contributed by atoms with van der Waals surface area (Å²) in [7, 11) is 0. The van der Waals surface area contributed by atoms with Crippen molar-refractivity contribution in [2.45, 2.75) is 52.1 Å². The summed E-state index contributed by atoms with van der Waals surface area (Å²) in [5.74, 6) is 1.37. The van der Waals surface area contributed by atoms with E-state index < -0.39 is 0 Å². The summed E-state index contributed by atoms with van der Waals surface area (Å²) < 4.78 is 2.10. The average molecular weight is 313 g/mol. The predicted octanol–water partition coefficient (Wildman–Crippen LogP) is 2.54. The number of aromatic amines is 1. The van der Waals surface area contributed by atoms with Crippen molar-refractivity contribution in [3.05, 3.63) is 23.7 Å². The number of carbonyl (C=O) groups excluding carboxylic acids is 1. The molecule has 3 heterocycles. The number of nitrogens with zero attached hydrogens (tertiary/aromatic N) is 4. The van der Waals surface area contributed by atoms with Crippen molar-refractivity contribution in [1.82, 2.24) is 24.6 Å². The van der Waals surface area contributed by atoms with E-state index in [0.29, 0.717) is 18.5 Å². The lowest BCUT2D eigenvalue weighted by atomic mass is 9.84. The van der Waals surface area contributed by atoms with Crippen molar-refractivity contribution in [3.63, 3.8) is 0 Å². The van der Waals surface area contributed by atoms with Crippen LogP contribution in [-0.2, 0) is 17.8 Å². The van der Waals surface area contributed by atoms with Gasteiger partial charge in [0, 0.05) is 55.1 Å². The summed E-state index contributed by atoms with van der Waals surface area (Å²) in [5.41, 5.74) is 3.31. The van der Waals surface area contributed by atoms with Gasteiger partial charge in [-0.2, -0.15) is 5.10 Å². The van der Waals surface area contributed by atoms with E-state index in [1.165, 1.54) is 12.1 Å². The van der Waals surface area contributed by atoms with E-state index in [1.54, 1.807) is 6.20 Å². The van der Waals surface area contributed by atoms with Crippen LogP contribution in [0.4, 0.5) is 0 Å². The van der Waals surface area contributed by atoms with E-state index >= 15 is 0 Å². The third-order valence-corrected chi connectivity index (χ3v) is 5.06. The lowest BCUT2D eigenvalue weighted by molar-refractivity contribution is -0.139. The molecule has 2 aromatic heterocycles. The summed E-state index contributed by atoms with van der Waals surface area (Å²) in [4.78, 5) is 22.1. The van der Waals surface area contributed by atoms with Crippen molar-refractivity contribution in [2.75, 3.05) is 6.54 Å². The van der Waals surface area contributed by atoms with Crippen LogP contribution in [-0.4, -0.2) is 37.1 Å². The summed E-state index contributed by atoms with van der Waals surface area (Å²) in [5, 5.41) is 4.79. The largest absolute Gasteiger partial charge is 0.343 e. The lowest BCUT2D eigenvalue weighted by Crippen LogP contribution is -2.42. The van der Waals surface area contributed by atoms with Gasteiger partial charge in [-0.05, 0) is 26.7 Å². The maximum absolute atomic E-state index is 12.6. The molecule has 0 unspecified atom stereocenters. The summed E-state index contributed by atoms with van der Waals surface area (Å²) in [6.45, 7) is 5.75. The van der Waals surface area contributed by atoms with E-state index in [4.69, 9.17) is 5.10 Å². The first-order chi connectivity index (χ1) is 11.1. The molecule has 23 heavy (non-hydrogen) atoms. The number of hydrogen-bond acceptors (Lipinski definition) is 3. The van der Waals surface area contributed by atoms with Gasteiger partial charge in [-0.25, -0.2) is 4.98 Å². The Morgan fingerprint density at radius 1 is 1.39 bits per heavy atom. The minimum absolute atomic E-state index is 0.253. The van der Waals surface area contributed by atoms with Gasteiger partial charge in [-0.15, -0.1) is 0 Å². The molecule has 0 atom stereocenters. The second kappa shape index (κ2) is 5.51. The maximum Gasteiger partial charge on any atom is 0.225 e. The number of fused-ring (bicyclic) bond motifs is 1. The molecule has 2 aromatic rings. The molecule has 6 nitrogen and oxygen atoms in total. The minimum atomic E-state index is 0.253. The Hall–Kier alpha value is -2.11. The quantitative estimate of drug-likeness (QED) is 0.947. The second-order valence-corrected chi connectivity index (χ2v) is 6.89. The molecule has 0 spiro atoms. The summed E-state index contributed by atoms with van der Waals surface area (Å²) in [6.07, 6.45) is 7.74. The van der Waals surface area contributed by atoms with Gasteiger partial charge in [-0.1, -0.05) is 6.42 Å². The zero-order valence-corrected chi connectivity index (χ0v) is 13.7. The van der Waals surface area contributed by atoms with Crippen molar-refractivity contribution in [2.24, 2.45) is 5.92 Å². The van der Waals surface area contributed by atoms with Crippen LogP contribution in [0.2, 0.25) is 0 Å². The fourth-order valence-corrected chi connectivity index (χ4v) is 3.56. The number of amides is 1. The number of imidazole rings is 1. The molecule has 0 aromatic carbocycles. The Bertz CT molecular complexity index is 712. The van der Waals surface area contributed by atoms with Crippen molar-refractivity contribution in [3.8, 4) is 11.5 Å². The number of rotatable bonds is 3. The van der Waals surface area contributed by atoms with Crippen LogP contribution in [0.15, 0.2) is 12.4 Å². The molecule has 122 valence electrons. The molecule has 6 heteroatoms. The molecule has 0 saturated heterocycles. The highest BCUT2D eigenvalue weighted by Gasteiger charge is 2.34. The standard InChI is InChI=1S/C17H23N5O/c1-11(2)22-14-6-9-21(17(23)12-4-3-5-12)10-13(14)15(20-22)16-18-7-8-19-16/h7-8,11-12H,3-6,9-10H2,1-2H3,(H,18,19). The van der Waals surface area contributed by atoms with E-state index in [9.17, 15) is 4.79 Å². The molecular weight excluding hydrogens is 290 g/mol. The Kier molecular flexibility index (Phi) is 3.47. The van der Waals surface area contributed by atoms with Gasteiger partial charge in [0.1, 0.15) is 5.69 Å². The molecular formula is C17H23N5O. The Morgan fingerprint density at radius 3 is 2.83 bits per heavy atom. The van der Waals surface area contributed by atoms with Gasteiger partial charge >= 0.3 is 0 Å². The number of H-pyrrole nitrogens is 1.